The third-order valence-electron chi connectivity index (χ3n) is 5.07. The number of carbonyl (C=O) groups is 2. The highest BCUT2D eigenvalue weighted by molar-refractivity contribution is 9.10. The molecule has 28 heavy (non-hydrogen) atoms. The van der Waals surface area contributed by atoms with Crippen LogP contribution in [0.2, 0.25) is 0 Å². The van der Waals surface area contributed by atoms with E-state index in [1.165, 1.54) is 5.56 Å². The van der Waals surface area contributed by atoms with Crippen LogP contribution in [-0.4, -0.2) is 54.4 Å². The van der Waals surface area contributed by atoms with Crippen molar-refractivity contribution in [2.24, 2.45) is 0 Å². The van der Waals surface area contributed by atoms with Crippen LogP contribution in [0.25, 0.3) is 0 Å². The number of amides is 2. The van der Waals surface area contributed by atoms with Gasteiger partial charge in [0.15, 0.2) is 6.61 Å². The van der Waals surface area contributed by atoms with Gasteiger partial charge in [-0.05, 0) is 67.8 Å². The molecule has 0 N–H and O–H groups in total. The van der Waals surface area contributed by atoms with E-state index in [0.29, 0.717) is 37.5 Å². The van der Waals surface area contributed by atoms with Gasteiger partial charge in [0.2, 0.25) is 0 Å². The number of carbonyl (C=O) groups excluding carboxylic acids is 2. The zero-order valence-electron chi connectivity index (χ0n) is 16.3. The van der Waals surface area contributed by atoms with Crippen LogP contribution in [0.5, 0.6) is 5.75 Å². The van der Waals surface area contributed by atoms with E-state index in [4.69, 9.17) is 4.74 Å². The Morgan fingerprint density at radius 3 is 2.32 bits per heavy atom. The van der Waals surface area contributed by atoms with Crippen LogP contribution in [-0.2, 0) is 4.79 Å². The van der Waals surface area contributed by atoms with E-state index in [-0.39, 0.29) is 18.4 Å². The van der Waals surface area contributed by atoms with Gasteiger partial charge in [0, 0.05) is 36.2 Å². The van der Waals surface area contributed by atoms with Crippen molar-refractivity contribution < 1.29 is 14.3 Å². The summed E-state index contributed by atoms with van der Waals surface area (Å²) in [5.41, 5.74) is 3.00. The van der Waals surface area contributed by atoms with E-state index in [9.17, 15) is 9.59 Å². The van der Waals surface area contributed by atoms with E-state index >= 15 is 0 Å². The third kappa shape index (κ3) is 5.13. The first-order valence-electron chi connectivity index (χ1n) is 9.47. The summed E-state index contributed by atoms with van der Waals surface area (Å²) in [6, 6.07) is 13.2. The number of hydrogen-bond donors (Lipinski definition) is 0. The molecule has 1 saturated heterocycles. The number of halogens is 1. The fourth-order valence-corrected chi connectivity index (χ4v) is 3.45. The Bertz CT molecular complexity index is 851. The summed E-state index contributed by atoms with van der Waals surface area (Å²) in [6.07, 6.45) is 0.762. The van der Waals surface area contributed by atoms with Crippen molar-refractivity contribution in [3.05, 3.63) is 63.6 Å². The van der Waals surface area contributed by atoms with E-state index in [0.717, 1.165) is 16.5 Å². The molecule has 0 unspecified atom stereocenters. The molecule has 3 rings (SSSR count). The van der Waals surface area contributed by atoms with Gasteiger partial charge in [-0.2, -0.15) is 0 Å². The normalized spacial score (nSPS) is 14.5. The molecule has 0 spiro atoms. The van der Waals surface area contributed by atoms with Crippen LogP contribution in [0.4, 0.5) is 0 Å². The molecule has 2 amide bonds. The van der Waals surface area contributed by atoms with E-state index in [1.807, 2.05) is 61.2 Å². The fourth-order valence-electron chi connectivity index (χ4n) is 3.19. The van der Waals surface area contributed by atoms with Gasteiger partial charge in [-0.25, -0.2) is 0 Å². The first kappa shape index (κ1) is 20.4. The number of aryl methyl sites for hydroxylation is 2. The van der Waals surface area contributed by atoms with Gasteiger partial charge in [0.1, 0.15) is 5.75 Å². The Balaban J connectivity index is 1.53. The Morgan fingerprint density at radius 2 is 1.61 bits per heavy atom. The molecular formula is C22H25BrN2O3. The topological polar surface area (TPSA) is 49.9 Å². The van der Waals surface area contributed by atoms with Crippen molar-refractivity contribution in [1.82, 2.24) is 9.80 Å². The number of benzene rings is 2. The molecule has 1 aliphatic heterocycles. The molecule has 0 bridgehead atoms. The third-order valence-corrected chi connectivity index (χ3v) is 5.60. The maximum absolute atomic E-state index is 12.7. The fraction of sp³-hybridized carbons (Fsp3) is 0.364. The molecule has 2 aromatic rings. The van der Waals surface area contributed by atoms with Gasteiger partial charge in [-0.15, -0.1) is 0 Å². The van der Waals surface area contributed by atoms with Crippen molar-refractivity contribution in [3.63, 3.8) is 0 Å². The van der Waals surface area contributed by atoms with Crippen LogP contribution >= 0.6 is 15.9 Å². The highest BCUT2D eigenvalue weighted by Gasteiger charge is 2.23. The summed E-state index contributed by atoms with van der Waals surface area (Å²) in [4.78, 5) is 28.9. The molecule has 0 atom stereocenters. The maximum Gasteiger partial charge on any atom is 0.260 e. The smallest absolute Gasteiger partial charge is 0.260 e. The zero-order valence-corrected chi connectivity index (χ0v) is 17.9. The monoisotopic (exact) mass is 444 g/mol. The summed E-state index contributed by atoms with van der Waals surface area (Å²) in [7, 11) is 0. The maximum atomic E-state index is 12.7. The summed E-state index contributed by atoms with van der Waals surface area (Å²) >= 11 is 3.38. The molecule has 1 fully saturated rings. The molecule has 2 aromatic carbocycles. The molecule has 0 radical (unpaired) electrons. The first-order chi connectivity index (χ1) is 13.4. The van der Waals surface area contributed by atoms with Gasteiger partial charge in [-0.3, -0.25) is 9.59 Å². The number of ether oxygens (including phenoxy) is 1. The van der Waals surface area contributed by atoms with E-state index < -0.39 is 0 Å². The molecule has 6 heteroatoms. The highest BCUT2D eigenvalue weighted by atomic mass is 79.9. The van der Waals surface area contributed by atoms with Gasteiger partial charge < -0.3 is 14.5 Å². The first-order valence-corrected chi connectivity index (χ1v) is 10.3. The second-order valence-electron chi connectivity index (χ2n) is 7.07. The minimum atomic E-state index is -0.0452. The van der Waals surface area contributed by atoms with Gasteiger partial charge >= 0.3 is 0 Å². The summed E-state index contributed by atoms with van der Waals surface area (Å²) in [5, 5.41) is 0. The largest absolute Gasteiger partial charge is 0.484 e. The second kappa shape index (κ2) is 9.24. The average molecular weight is 445 g/mol. The Labute approximate surface area is 174 Å². The number of nitrogens with zero attached hydrogens (tertiary/aromatic N) is 2. The standard InChI is InChI=1S/C22H25BrN2O3/c1-16-4-9-20(14-17(16)2)28-15-21(26)24-10-3-11-25(13-12-24)22(27)18-5-7-19(23)8-6-18/h4-9,14H,3,10-13,15H2,1-2H3. The lowest BCUT2D eigenvalue weighted by Crippen LogP contribution is -2.39. The predicted octanol–water partition coefficient (Wildman–Crippen LogP) is 3.82. The Kier molecular flexibility index (Phi) is 6.73. The van der Waals surface area contributed by atoms with Crippen LogP contribution in [0.1, 0.15) is 27.9 Å². The Morgan fingerprint density at radius 1 is 0.929 bits per heavy atom. The predicted molar refractivity (Wildman–Crippen MR) is 113 cm³/mol. The zero-order chi connectivity index (χ0) is 20.1. The molecule has 148 valence electrons. The lowest BCUT2D eigenvalue weighted by atomic mass is 10.1. The molecule has 5 nitrogen and oxygen atoms in total. The summed E-state index contributed by atoms with van der Waals surface area (Å²) in [6.45, 7) is 6.43. The highest BCUT2D eigenvalue weighted by Crippen LogP contribution is 2.17. The molecule has 0 saturated carbocycles. The molecule has 1 heterocycles. The molecular weight excluding hydrogens is 420 g/mol. The second-order valence-corrected chi connectivity index (χ2v) is 7.98. The van der Waals surface area contributed by atoms with Crippen LogP contribution in [0.3, 0.4) is 0 Å². The van der Waals surface area contributed by atoms with Crippen LogP contribution in [0, 0.1) is 13.8 Å². The number of rotatable bonds is 4. The van der Waals surface area contributed by atoms with Crippen LogP contribution in [0.15, 0.2) is 46.9 Å². The van der Waals surface area contributed by atoms with Crippen molar-refractivity contribution in [3.8, 4) is 5.75 Å². The minimum Gasteiger partial charge on any atom is -0.484 e. The van der Waals surface area contributed by atoms with Crippen molar-refractivity contribution in [1.29, 1.82) is 0 Å². The average Bonchev–Trinajstić information content (AvgIpc) is 2.95. The lowest BCUT2D eigenvalue weighted by Gasteiger charge is -2.22. The van der Waals surface area contributed by atoms with Crippen LogP contribution < -0.4 is 4.74 Å². The molecule has 0 aliphatic carbocycles. The summed E-state index contributed by atoms with van der Waals surface area (Å²) in [5.74, 6) is 0.669. The van der Waals surface area contributed by atoms with Gasteiger partial charge in [0.05, 0.1) is 0 Å². The van der Waals surface area contributed by atoms with Crippen molar-refractivity contribution in [2.45, 2.75) is 20.3 Å². The molecule has 1 aliphatic rings. The summed E-state index contributed by atoms with van der Waals surface area (Å²) < 4.78 is 6.62. The molecule has 0 aromatic heterocycles. The van der Waals surface area contributed by atoms with Crippen molar-refractivity contribution in [2.75, 3.05) is 32.8 Å². The number of hydrogen-bond acceptors (Lipinski definition) is 3. The van der Waals surface area contributed by atoms with Gasteiger partial charge in [0.25, 0.3) is 11.8 Å². The lowest BCUT2D eigenvalue weighted by molar-refractivity contribution is -0.133. The minimum absolute atomic E-state index is 0.00757. The van der Waals surface area contributed by atoms with Gasteiger partial charge in [-0.1, -0.05) is 22.0 Å². The van der Waals surface area contributed by atoms with E-state index in [2.05, 4.69) is 15.9 Å². The Hall–Kier alpha value is -2.34. The SMILES string of the molecule is Cc1ccc(OCC(=O)N2CCCN(C(=O)c3ccc(Br)cc3)CC2)cc1C. The van der Waals surface area contributed by atoms with E-state index in [1.54, 1.807) is 4.90 Å². The quantitative estimate of drug-likeness (QED) is 0.719. The van der Waals surface area contributed by atoms with Crippen molar-refractivity contribution >= 4 is 27.7 Å².